The third-order valence-corrected chi connectivity index (χ3v) is 6.89. The molecule has 1 aromatic rings. The molecule has 0 amide bonds. The molecule has 2 N–H and O–H groups in total. The van der Waals surface area contributed by atoms with E-state index in [1.54, 1.807) is 0 Å². The van der Waals surface area contributed by atoms with Crippen molar-refractivity contribution in [3.8, 4) is 5.75 Å². The van der Waals surface area contributed by atoms with Crippen LogP contribution in [0.5, 0.6) is 5.75 Å². The number of esters is 1. The fourth-order valence-electron chi connectivity index (χ4n) is 5.36. The number of fused-ring (bicyclic) bond motifs is 1. The second-order valence-corrected chi connectivity index (χ2v) is 10.1. The van der Waals surface area contributed by atoms with Gasteiger partial charge in [-0.1, -0.05) is 18.9 Å². The van der Waals surface area contributed by atoms with Crippen LogP contribution in [0.25, 0.3) is 0 Å². The number of piperidine rings is 1. The van der Waals surface area contributed by atoms with Crippen molar-refractivity contribution in [3.63, 3.8) is 0 Å². The maximum Gasteiger partial charge on any atom is 0.490 e. The van der Waals surface area contributed by atoms with Crippen LogP contribution in [0.4, 0.5) is 13.2 Å². The Kier molecular flexibility index (Phi) is 7.31. The van der Waals surface area contributed by atoms with Crippen LogP contribution in [0.2, 0.25) is 0 Å². The van der Waals surface area contributed by atoms with Gasteiger partial charge < -0.3 is 19.9 Å². The molecule has 0 unspecified atom stereocenters. The highest BCUT2D eigenvalue weighted by atomic mass is 19.4. The molecule has 2 fully saturated rings. The smallest absolute Gasteiger partial charge is 0.475 e. The van der Waals surface area contributed by atoms with Crippen molar-refractivity contribution >= 4 is 11.9 Å². The van der Waals surface area contributed by atoms with Gasteiger partial charge in [-0.3, -0.25) is 4.79 Å². The van der Waals surface area contributed by atoms with E-state index in [1.807, 2.05) is 26.8 Å². The van der Waals surface area contributed by atoms with Crippen LogP contribution in [0.15, 0.2) is 18.2 Å². The van der Waals surface area contributed by atoms with E-state index in [0.29, 0.717) is 11.5 Å². The summed E-state index contributed by atoms with van der Waals surface area (Å²) in [5.41, 5.74) is 2.79. The van der Waals surface area contributed by atoms with Gasteiger partial charge in [0.05, 0.1) is 5.41 Å². The van der Waals surface area contributed by atoms with Gasteiger partial charge in [0.2, 0.25) is 6.79 Å². The fraction of sp³-hybridized carbons (Fsp3) is 0.667. The molecule has 6 nitrogen and oxygen atoms in total. The summed E-state index contributed by atoms with van der Waals surface area (Å²) in [5.74, 6) is -1.41. The highest BCUT2D eigenvalue weighted by Gasteiger charge is 2.51. The second kappa shape index (κ2) is 9.52. The summed E-state index contributed by atoms with van der Waals surface area (Å²) in [7, 11) is 0. The topological polar surface area (TPSA) is 84.9 Å². The molecule has 0 spiro atoms. The largest absolute Gasteiger partial charge is 0.490 e. The molecule has 4 rings (SSSR count). The molecule has 1 aromatic carbocycles. The Balaban J connectivity index is 0.000000383. The summed E-state index contributed by atoms with van der Waals surface area (Å²) in [5, 5.41) is 10.9. The molecule has 2 aliphatic carbocycles. The maximum absolute atomic E-state index is 11.9. The first-order valence-electron chi connectivity index (χ1n) is 11.3. The number of carbonyl (C=O) groups excluding carboxylic acids is 1. The minimum atomic E-state index is -5.08. The molecule has 1 saturated heterocycles. The van der Waals surface area contributed by atoms with Crippen molar-refractivity contribution in [2.75, 3.05) is 13.3 Å². The van der Waals surface area contributed by atoms with Crippen LogP contribution in [-0.4, -0.2) is 42.6 Å². The minimum Gasteiger partial charge on any atom is -0.475 e. The molecule has 1 heterocycles. The third kappa shape index (κ3) is 5.62. The number of hydrogen-bond acceptors (Lipinski definition) is 5. The minimum absolute atomic E-state index is 0.0184. The highest BCUT2D eigenvalue weighted by Crippen LogP contribution is 2.54. The number of nitrogens with one attached hydrogen (secondary N) is 1. The summed E-state index contributed by atoms with van der Waals surface area (Å²) < 4.78 is 42.8. The molecule has 184 valence electrons. The third-order valence-electron chi connectivity index (χ3n) is 6.89. The summed E-state index contributed by atoms with van der Waals surface area (Å²) in [6, 6.07) is 7.12. The molecule has 3 aliphatic rings. The van der Waals surface area contributed by atoms with Crippen LogP contribution in [0.1, 0.15) is 64.0 Å². The van der Waals surface area contributed by atoms with Crippen molar-refractivity contribution in [1.29, 1.82) is 0 Å². The lowest BCUT2D eigenvalue weighted by atomic mass is 9.53. The Labute approximate surface area is 191 Å². The molecule has 1 saturated carbocycles. The molecule has 0 aromatic heterocycles. The predicted molar refractivity (Wildman–Crippen MR) is 115 cm³/mol. The monoisotopic (exact) mass is 471 g/mol. The van der Waals surface area contributed by atoms with Gasteiger partial charge >= 0.3 is 18.1 Å². The van der Waals surface area contributed by atoms with Gasteiger partial charge in [-0.25, -0.2) is 4.79 Å². The van der Waals surface area contributed by atoms with E-state index in [1.165, 1.54) is 43.2 Å². The van der Waals surface area contributed by atoms with Crippen molar-refractivity contribution in [1.82, 2.24) is 5.32 Å². The highest BCUT2D eigenvalue weighted by molar-refractivity contribution is 5.75. The summed E-state index contributed by atoms with van der Waals surface area (Å²) in [6.07, 6.45) is 2.59. The van der Waals surface area contributed by atoms with E-state index >= 15 is 0 Å². The van der Waals surface area contributed by atoms with Crippen molar-refractivity contribution in [2.45, 2.75) is 76.9 Å². The van der Waals surface area contributed by atoms with Crippen LogP contribution in [-0.2, 0) is 26.2 Å². The van der Waals surface area contributed by atoms with Gasteiger partial charge in [0, 0.05) is 11.5 Å². The van der Waals surface area contributed by atoms with E-state index in [2.05, 4.69) is 17.4 Å². The lowest BCUT2D eigenvalue weighted by molar-refractivity contribution is -0.192. The lowest BCUT2D eigenvalue weighted by Crippen LogP contribution is -2.59. The molecule has 2 bridgehead atoms. The zero-order chi connectivity index (χ0) is 24.4. The SMILES string of the molecule is CC(C)(C)C(=O)OCOc1ccc2c(c1)[C@@]13CCCC[C@@H]1[C@H](C2)NCC3.O=C(O)C(F)(F)F. The molecular weight excluding hydrogens is 439 g/mol. The number of rotatable bonds is 3. The average Bonchev–Trinajstić information content (AvgIpc) is 2.73. The predicted octanol–water partition coefficient (Wildman–Crippen LogP) is 4.59. The number of carbonyl (C=O) groups is 2. The Hall–Kier alpha value is -2.29. The molecule has 33 heavy (non-hydrogen) atoms. The number of carboxylic acid groups (broad SMARTS) is 1. The average molecular weight is 472 g/mol. The van der Waals surface area contributed by atoms with Crippen molar-refractivity contribution < 1.29 is 37.3 Å². The molecule has 9 heteroatoms. The van der Waals surface area contributed by atoms with Gasteiger partial charge in [0.1, 0.15) is 5.75 Å². The zero-order valence-corrected chi connectivity index (χ0v) is 19.3. The molecule has 3 atom stereocenters. The van der Waals surface area contributed by atoms with Gasteiger partial charge in [-0.15, -0.1) is 0 Å². The van der Waals surface area contributed by atoms with Crippen molar-refractivity contribution in [2.24, 2.45) is 11.3 Å². The zero-order valence-electron chi connectivity index (χ0n) is 19.3. The summed E-state index contributed by atoms with van der Waals surface area (Å²) >= 11 is 0. The number of carboxylic acids is 1. The van der Waals surface area contributed by atoms with E-state index in [-0.39, 0.29) is 12.8 Å². The number of alkyl halides is 3. The molecule has 0 radical (unpaired) electrons. The van der Waals surface area contributed by atoms with Gasteiger partial charge in [-0.05, 0) is 82.2 Å². The Morgan fingerprint density at radius 1 is 1.18 bits per heavy atom. The maximum atomic E-state index is 11.9. The van der Waals surface area contributed by atoms with E-state index in [9.17, 15) is 18.0 Å². The Bertz CT molecular complexity index is 876. The first-order chi connectivity index (χ1) is 15.3. The summed E-state index contributed by atoms with van der Waals surface area (Å²) in [6.45, 7) is 6.66. The quantitative estimate of drug-likeness (QED) is 0.496. The Morgan fingerprint density at radius 3 is 2.52 bits per heavy atom. The van der Waals surface area contributed by atoms with Crippen molar-refractivity contribution in [3.05, 3.63) is 29.3 Å². The standard InChI is InChI=1S/C22H31NO3.C2HF3O2/c1-21(2,3)20(24)26-14-25-16-8-7-15-12-19-17-6-4-5-9-22(17,10-11-23-19)18(15)13-16;3-2(4,5)1(6)7/h7-8,13,17,19,23H,4-6,9-12,14H2,1-3H3;(H,6,7)/t17-,19+,22-;/m1./s1. The molecular formula is C24H32F3NO5. The fourth-order valence-corrected chi connectivity index (χ4v) is 5.36. The van der Waals surface area contributed by atoms with Gasteiger partial charge in [0.15, 0.2) is 0 Å². The van der Waals surface area contributed by atoms with Crippen LogP contribution >= 0.6 is 0 Å². The first-order valence-corrected chi connectivity index (χ1v) is 11.3. The van der Waals surface area contributed by atoms with Gasteiger partial charge in [-0.2, -0.15) is 13.2 Å². The second-order valence-electron chi connectivity index (χ2n) is 10.1. The van der Waals surface area contributed by atoms with Crippen LogP contribution in [0, 0.1) is 11.3 Å². The van der Waals surface area contributed by atoms with Crippen LogP contribution < -0.4 is 10.1 Å². The van der Waals surface area contributed by atoms with E-state index in [0.717, 1.165) is 24.6 Å². The number of hydrogen-bond donors (Lipinski definition) is 2. The number of halogens is 3. The summed E-state index contributed by atoms with van der Waals surface area (Å²) in [4.78, 5) is 20.8. The number of benzene rings is 1. The number of aliphatic carboxylic acids is 1. The van der Waals surface area contributed by atoms with Gasteiger partial charge in [0.25, 0.3) is 0 Å². The van der Waals surface area contributed by atoms with Crippen LogP contribution in [0.3, 0.4) is 0 Å². The molecule has 1 aliphatic heterocycles. The Morgan fingerprint density at radius 2 is 1.88 bits per heavy atom. The van der Waals surface area contributed by atoms with E-state index < -0.39 is 17.6 Å². The van der Waals surface area contributed by atoms with E-state index in [4.69, 9.17) is 19.4 Å². The first kappa shape index (κ1) is 25.3. The lowest BCUT2D eigenvalue weighted by Gasteiger charge is -2.56. The number of ether oxygens (including phenoxy) is 2. The normalized spacial score (nSPS) is 26.1.